The first kappa shape index (κ1) is 14.3. The number of carbonyl (C=O) groups excluding carboxylic acids is 1. The molecule has 0 radical (unpaired) electrons. The van der Waals surface area contributed by atoms with Gasteiger partial charge >= 0.3 is 7.12 Å². The molecular formula is C13H14BNO5. The lowest BCUT2D eigenvalue weighted by Gasteiger charge is -2.15. The molecule has 2 aromatic rings. The zero-order valence-electron chi connectivity index (χ0n) is 11.1. The van der Waals surface area contributed by atoms with Gasteiger partial charge in [0.15, 0.2) is 12.4 Å². The van der Waals surface area contributed by atoms with Crippen molar-refractivity contribution >= 4 is 18.9 Å². The molecule has 0 saturated heterocycles. The molecule has 0 saturated carbocycles. The molecule has 1 aromatic heterocycles. The number of ether oxygens (including phenoxy) is 1. The maximum absolute atomic E-state index is 11.1. The fourth-order valence-electron chi connectivity index (χ4n) is 1.82. The second-order valence-corrected chi connectivity index (χ2v) is 4.32. The van der Waals surface area contributed by atoms with E-state index < -0.39 is 13.2 Å². The van der Waals surface area contributed by atoms with Gasteiger partial charge in [0.05, 0.1) is 11.8 Å². The van der Waals surface area contributed by atoms with E-state index in [2.05, 4.69) is 4.98 Å². The standard InChI is InChI=1S/C13H14BNO5/c1-8-6-15-13(19-8)9(2)20-12-5-3-4-11(14(17)18)10(12)7-16/h3-7,9,17-18H,1-2H3. The molecule has 1 unspecified atom stereocenters. The summed E-state index contributed by atoms with van der Waals surface area (Å²) in [4.78, 5) is 15.2. The molecule has 20 heavy (non-hydrogen) atoms. The van der Waals surface area contributed by atoms with Gasteiger partial charge in [-0.25, -0.2) is 4.98 Å². The number of oxazole rings is 1. The first-order valence-corrected chi connectivity index (χ1v) is 6.06. The average Bonchev–Trinajstić information content (AvgIpc) is 2.85. The highest BCUT2D eigenvalue weighted by Crippen LogP contribution is 2.23. The van der Waals surface area contributed by atoms with Gasteiger partial charge in [-0.2, -0.15) is 0 Å². The minimum Gasteiger partial charge on any atom is -0.480 e. The normalized spacial score (nSPS) is 12.0. The lowest BCUT2D eigenvalue weighted by molar-refractivity contribution is 0.111. The summed E-state index contributed by atoms with van der Waals surface area (Å²) in [5.74, 6) is 1.29. The minimum atomic E-state index is -1.74. The number of rotatable bonds is 5. The Balaban J connectivity index is 2.29. The second-order valence-electron chi connectivity index (χ2n) is 4.32. The van der Waals surface area contributed by atoms with Crippen LogP contribution in [0.3, 0.4) is 0 Å². The Morgan fingerprint density at radius 2 is 2.20 bits per heavy atom. The van der Waals surface area contributed by atoms with Gasteiger partial charge in [0.1, 0.15) is 11.5 Å². The van der Waals surface area contributed by atoms with E-state index in [4.69, 9.17) is 9.15 Å². The number of benzene rings is 1. The maximum atomic E-state index is 11.1. The van der Waals surface area contributed by atoms with Crippen LogP contribution in [0.2, 0.25) is 0 Å². The van der Waals surface area contributed by atoms with E-state index in [-0.39, 0.29) is 16.8 Å². The highest BCUT2D eigenvalue weighted by atomic mass is 16.5. The molecule has 7 heteroatoms. The molecule has 1 heterocycles. The molecule has 6 nitrogen and oxygen atoms in total. The highest BCUT2D eigenvalue weighted by Gasteiger charge is 2.21. The quantitative estimate of drug-likeness (QED) is 0.613. The summed E-state index contributed by atoms with van der Waals surface area (Å²) in [6, 6.07) is 4.59. The van der Waals surface area contributed by atoms with Crippen LogP contribution in [0.25, 0.3) is 0 Å². The van der Waals surface area contributed by atoms with Crippen molar-refractivity contribution < 1.29 is 24.0 Å². The van der Waals surface area contributed by atoms with E-state index in [1.165, 1.54) is 6.07 Å². The maximum Gasteiger partial charge on any atom is 0.489 e. The Bertz CT molecular complexity index is 611. The molecule has 0 aliphatic rings. The van der Waals surface area contributed by atoms with Crippen molar-refractivity contribution in [1.82, 2.24) is 4.98 Å². The van der Waals surface area contributed by atoms with Gasteiger partial charge in [-0.15, -0.1) is 0 Å². The predicted molar refractivity (Wildman–Crippen MR) is 71.9 cm³/mol. The van der Waals surface area contributed by atoms with E-state index in [0.29, 0.717) is 17.9 Å². The summed E-state index contributed by atoms with van der Waals surface area (Å²) < 4.78 is 11.0. The zero-order valence-corrected chi connectivity index (χ0v) is 11.1. The van der Waals surface area contributed by atoms with Crippen LogP contribution >= 0.6 is 0 Å². The summed E-state index contributed by atoms with van der Waals surface area (Å²) in [6.07, 6.45) is 1.59. The molecule has 1 atom stereocenters. The van der Waals surface area contributed by atoms with E-state index in [1.807, 2.05) is 0 Å². The van der Waals surface area contributed by atoms with Crippen molar-refractivity contribution in [1.29, 1.82) is 0 Å². The number of nitrogens with zero attached hydrogens (tertiary/aromatic N) is 1. The number of hydrogen-bond acceptors (Lipinski definition) is 6. The predicted octanol–water partition coefficient (Wildman–Crippen LogP) is 0.615. The number of aromatic nitrogens is 1. The monoisotopic (exact) mass is 275 g/mol. The van der Waals surface area contributed by atoms with E-state index in [9.17, 15) is 14.8 Å². The number of aryl methyl sites for hydroxylation is 1. The first-order chi connectivity index (χ1) is 9.52. The van der Waals surface area contributed by atoms with Crippen LogP contribution in [0.1, 0.15) is 35.0 Å². The smallest absolute Gasteiger partial charge is 0.480 e. The largest absolute Gasteiger partial charge is 0.489 e. The van der Waals surface area contributed by atoms with Crippen molar-refractivity contribution in [3.05, 3.63) is 41.6 Å². The van der Waals surface area contributed by atoms with E-state index in [0.717, 1.165) is 0 Å². The fourth-order valence-corrected chi connectivity index (χ4v) is 1.82. The van der Waals surface area contributed by atoms with Gasteiger partial charge in [-0.1, -0.05) is 12.1 Å². The van der Waals surface area contributed by atoms with Crippen molar-refractivity contribution in [2.24, 2.45) is 0 Å². The molecule has 104 valence electrons. The van der Waals surface area contributed by atoms with E-state index in [1.54, 1.807) is 32.2 Å². The molecule has 0 bridgehead atoms. The average molecular weight is 275 g/mol. The van der Waals surface area contributed by atoms with Crippen LogP contribution in [0.4, 0.5) is 0 Å². The molecule has 1 aromatic carbocycles. The number of carbonyl (C=O) groups is 1. The van der Waals surface area contributed by atoms with Crippen molar-refractivity contribution in [2.45, 2.75) is 20.0 Å². The van der Waals surface area contributed by atoms with Crippen molar-refractivity contribution in [3.63, 3.8) is 0 Å². The number of hydrogen-bond donors (Lipinski definition) is 2. The molecule has 0 spiro atoms. The van der Waals surface area contributed by atoms with Crippen molar-refractivity contribution in [3.8, 4) is 5.75 Å². The Morgan fingerprint density at radius 3 is 2.75 bits per heavy atom. The van der Waals surface area contributed by atoms with Gasteiger partial charge in [-0.3, -0.25) is 4.79 Å². The SMILES string of the molecule is Cc1cnc(C(C)Oc2cccc(B(O)O)c2C=O)o1. The summed E-state index contributed by atoms with van der Waals surface area (Å²) >= 11 is 0. The Morgan fingerprint density at radius 1 is 1.45 bits per heavy atom. The third-order valence-corrected chi connectivity index (χ3v) is 2.79. The van der Waals surface area contributed by atoms with Gasteiger partial charge < -0.3 is 19.2 Å². The zero-order chi connectivity index (χ0) is 14.7. The lowest BCUT2D eigenvalue weighted by Crippen LogP contribution is -2.33. The first-order valence-electron chi connectivity index (χ1n) is 6.06. The molecule has 0 aliphatic heterocycles. The van der Waals surface area contributed by atoms with Gasteiger partial charge in [0, 0.05) is 0 Å². The van der Waals surface area contributed by atoms with Crippen LogP contribution in [-0.2, 0) is 0 Å². The lowest BCUT2D eigenvalue weighted by atomic mass is 9.77. The van der Waals surface area contributed by atoms with Gasteiger partial charge in [0.2, 0.25) is 5.89 Å². The molecule has 0 amide bonds. The van der Waals surface area contributed by atoms with Gasteiger partial charge in [-0.05, 0) is 25.4 Å². The van der Waals surface area contributed by atoms with Crippen LogP contribution < -0.4 is 10.2 Å². The Hall–Kier alpha value is -2.12. The summed E-state index contributed by atoms with van der Waals surface area (Å²) in [5.41, 5.74) is 0.186. The topological polar surface area (TPSA) is 92.8 Å². The van der Waals surface area contributed by atoms with Crippen LogP contribution in [-0.4, -0.2) is 28.4 Å². The number of aldehydes is 1. The third-order valence-electron chi connectivity index (χ3n) is 2.79. The van der Waals surface area contributed by atoms with E-state index >= 15 is 0 Å². The summed E-state index contributed by atoms with van der Waals surface area (Å²) in [6.45, 7) is 3.49. The minimum absolute atomic E-state index is 0.0910. The second kappa shape index (κ2) is 5.89. The van der Waals surface area contributed by atoms with Crippen LogP contribution in [0.15, 0.2) is 28.8 Å². The molecule has 0 fully saturated rings. The summed E-state index contributed by atoms with van der Waals surface area (Å²) in [7, 11) is -1.74. The van der Waals surface area contributed by atoms with Crippen LogP contribution in [0.5, 0.6) is 5.75 Å². The molecule has 2 rings (SSSR count). The highest BCUT2D eigenvalue weighted by molar-refractivity contribution is 6.60. The fraction of sp³-hybridized carbons (Fsp3) is 0.231. The van der Waals surface area contributed by atoms with Crippen molar-refractivity contribution in [2.75, 3.05) is 0 Å². The van der Waals surface area contributed by atoms with Gasteiger partial charge in [0.25, 0.3) is 0 Å². The summed E-state index contributed by atoms with van der Waals surface area (Å²) in [5, 5.41) is 18.4. The van der Waals surface area contributed by atoms with Crippen LogP contribution in [0, 0.1) is 6.92 Å². The molecule has 0 aliphatic carbocycles. The third kappa shape index (κ3) is 2.89. The Labute approximate surface area is 116 Å². The molecular weight excluding hydrogens is 261 g/mol. The Kier molecular flexibility index (Phi) is 4.21. The molecule has 2 N–H and O–H groups in total.